The molecular weight excluding hydrogens is 188 g/mol. The fourth-order valence-electron chi connectivity index (χ4n) is 1.40. The number of rotatable bonds is 4. The number of carboxylic acids is 1. The molecule has 1 rings (SSSR count). The molecule has 0 amide bonds. The van der Waals surface area contributed by atoms with Gasteiger partial charge in [-0.25, -0.2) is 4.79 Å². The zero-order valence-electron chi connectivity index (χ0n) is 8.17. The van der Waals surface area contributed by atoms with Crippen LogP contribution in [-0.2, 0) is 19.0 Å². The van der Waals surface area contributed by atoms with Gasteiger partial charge in [-0.05, 0) is 0 Å². The Bertz CT molecular complexity index is 225. The van der Waals surface area contributed by atoms with E-state index < -0.39 is 12.3 Å². The molecule has 80 valence electrons. The highest BCUT2D eigenvalue weighted by molar-refractivity contribution is 5.79. The van der Waals surface area contributed by atoms with Crippen molar-refractivity contribution in [2.45, 2.75) is 19.0 Å². The Morgan fingerprint density at radius 1 is 1.50 bits per heavy atom. The lowest BCUT2D eigenvalue weighted by Gasteiger charge is -2.12. The third-order valence-corrected chi connectivity index (χ3v) is 2.08. The van der Waals surface area contributed by atoms with Crippen molar-refractivity contribution in [2.75, 3.05) is 14.2 Å². The lowest BCUT2D eigenvalue weighted by molar-refractivity contribution is -0.190. The monoisotopic (exact) mass is 202 g/mol. The number of carbonyl (C=O) groups is 1. The SMILES string of the molecule is CO[C@@H]1C[C@@H](/C=C/C(=O)O)[C@H](OC)O1. The normalized spacial score (nSPS) is 32.6. The Morgan fingerprint density at radius 3 is 2.71 bits per heavy atom. The van der Waals surface area contributed by atoms with E-state index in [-0.39, 0.29) is 12.2 Å². The van der Waals surface area contributed by atoms with E-state index in [1.54, 1.807) is 13.2 Å². The molecule has 0 bridgehead atoms. The highest BCUT2D eigenvalue weighted by Gasteiger charge is 2.33. The molecule has 14 heavy (non-hydrogen) atoms. The fourth-order valence-corrected chi connectivity index (χ4v) is 1.40. The topological polar surface area (TPSA) is 65.0 Å². The van der Waals surface area contributed by atoms with E-state index in [2.05, 4.69) is 0 Å². The number of aliphatic carboxylic acids is 1. The van der Waals surface area contributed by atoms with E-state index in [1.807, 2.05) is 0 Å². The van der Waals surface area contributed by atoms with Gasteiger partial charge in [-0.3, -0.25) is 0 Å². The average molecular weight is 202 g/mol. The lowest BCUT2D eigenvalue weighted by atomic mass is 10.1. The second kappa shape index (κ2) is 5.09. The van der Waals surface area contributed by atoms with Crippen LogP contribution in [-0.4, -0.2) is 37.9 Å². The van der Waals surface area contributed by atoms with Crippen LogP contribution >= 0.6 is 0 Å². The van der Waals surface area contributed by atoms with Gasteiger partial charge in [-0.15, -0.1) is 0 Å². The molecule has 5 nitrogen and oxygen atoms in total. The minimum atomic E-state index is -0.972. The Morgan fingerprint density at radius 2 is 2.21 bits per heavy atom. The Labute approximate surface area is 82.3 Å². The standard InChI is InChI=1S/C9H14O5/c1-12-8-5-6(3-4-7(10)11)9(13-2)14-8/h3-4,6,8-9H,5H2,1-2H3,(H,10,11)/b4-3+/t6-,8+,9-/m1/s1. The van der Waals surface area contributed by atoms with Crippen LogP contribution in [0, 0.1) is 5.92 Å². The van der Waals surface area contributed by atoms with Crippen molar-refractivity contribution in [2.24, 2.45) is 5.92 Å². The van der Waals surface area contributed by atoms with Gasteiger partial charge in [-0.2, -0.15) is 0 Å². The molecule has 0 aromatic heterocycles. The zero-order valence-corrected chi connectivity index (χ0v) is 8.17. The molecule has 5 heteroatoms. The molecule has 0 aromatic rings. The van der Waals surface area contributed by atoms with Crippen molar-refractivity contribution < 1.29 is 24.1 Å². The van der Waals surface area contributed by atoms with Gasteiger partial charge < -0.3 is 19.3 Å². The Kier molecular flexibility index (Phi) is 4.06. The van der Waals surface area contributed by atoms with Gasteiger partial charge in [0.15, 0.2) is 12.6 Å². The number of ether oxygens (including phenoxy) is 3. The van der Waals surface area contributed by atoms with Crippen LogP contribution in [0.25, 0.3) is 0 Å². The molecule has 1 aliphatic rings. The van der Waals surface area contributed by atoms with Crippen LogP contribution in [0.1, 0.15) is 6.42 Å². The van der Waals surface area contributed by atoms with Crippen LogP contribution in [0.4, 0.5) is 0 Å². The second-order valence-corrected chi connectivity index (χ2v) is 3.00. The van der Waals surface area contributed by atoms with Crippen molar-refractivity contribution >= 4 is 5.97 Å². The molecule has 0 unspecified atom stereocenters. The van der Waals surface area contributed by atoms with E-state index >= 15 is 0 Å². The molecule has 0 spiro atoms. The third-order valence-electron chi connectivity index (χ3n) is 2.08. The Balaban J connectivity index is 2.54. The van der Waals surface area contributed by atoms with Crippen LogP contribution in [0.5, 0.6) is 0 Å². The molecule has 0 aliphatic carbocycles. The number of hydrogen-bond acceptors (Lipinski definition) is 4. The molecule has 1 heterocycles. The maximum Gasteiger partial charge on any atom is 0.327 e. The zero-order chi connectivity index (χ0) is 10.6. The minimum absolute atomic E-state index is 0.0685. The molecular formula is C9H14O5. The summed E-state index contributed by atoms with van der Waals surface area (Å²) in [6.07, 6.45) is 2.53. The highest BCUT2D eigenvalue weighted by Crippen LogP contribution is 2.28. The van der Waals surface area contributed by atoms with E-state index in [1.165, 1.54) is 7.11 Å². The van der Waals surface area contributed by atoms with Crippen LogP contribution in [0.15, 0.2) is 12.2 Å². The summed E-state index contributed by atoms with van der Waals surface area (Å²) in [6, 6.07) is 0. The van der Waals surface area contributed by atoms with Gasteiger partial charge in [0, 0.05) is 32.6 Å². The largest absolute Gasteiger partial charge is 0.478 e. The van der Waals surface area contributed by atoms with Gasteiger partial charge >= 0.3 is 5.97 Å². The number of carboxylic acid groups (broad SMARTS) is 1. The van der Waals surface area contributed by atoms with Crippen molar-refractivity contribution in [1.29, 1.82) is 0 Å². The summed E-state index contributed by atoms with van der Waals surface area (Å²) in [5.74, 6) is -1.04. The molecule has 3 atom stereocenters. The van der Waals surface area contributed by atoms with Crippen molar-refractivity contribution in [3.05, 3.63) is 12.2 Å². The first-order chi connectivity index (χ1) is 6.67. The maximum absolute atomic E-state index is 10.3. The van der Waals surface area contributed by atoms with Gasteiger partial charge in [-0.1, -0.05) is 6.08 Å². The summed E-state index contributed by atoms with van der Waals surface area (Å²) in [5, 5.41) is 8.46. The summed E-state index contributed by atoms with van der Waals surface area (Å²) < 4.78 is 15.4. The quantitative estimate of drug-likeness (QED) is 0.676. The first-order valence-corrected chi connectivity index (χ1v) is 4.29. The van der Waals surface area contributed by atoms with Crippen molar-refractivity contribution in [3.63, 3.8) is 0 Å². The third kappa shape index (κ3) is 2.80. The summed E-state index contributed by atoms with van der Waals surface area (Å²) in [5.41, 5.74) is 0. The molecule has 0 radical (unpaired) electrons. The van der Waals surface area contributed by atoms with E-state index in [4.69, 9.17) is 19.3 Å². The van der Waals surface area contributed by atoms with Crippen LogP contribution < -0.4 is 0 Å². The van der Waals surface area contributed by atoms with Crippen molar-refractivity contribution in [3.8, 4) is 0 Å². The number of hydrogen-bond donors (Lipinski definition) is 1. The average Bonchev–Trinajstić information content (AvgIpc) is 2.57. The Hall–Kier alpha value is -0.910. The first-order valence-electron chi connectivity index (χ1n) is 4.29. The lowest BCUT2D eigenvalue weighted by Crippen LogP contribution is -2.17. The summed E-state index contributed by atoms with van der Waals surface area (Å²) >= 11 is 0. The summed E-state index contributed by atoms with van der Waals surface area (Å²) in [6.45, 7) is 0. The predicted molar refractivity (Wildman–Crippen MR) is 47.6 cm³/mol. The first kappa shape index (κ1) is 11.2. The van der Waals surface area contributed by atoms with Gasteiger partial charge in [0.2, 0.25) is 0 Å². The molecule has 1 aliphatic heterocycles. The fraction of sp³-hybridized carbons (Fsp3) is 0.667. The van der Waals surface area contributed by atoms with E-state index in [0.717, 1.165) is 6.08 Å². The molecule has 0 aromatic carbocycles. The highest BCUT2D eigenvalue weighted by atomic mass is 16.8. The van der Waals surface area contributed by atoms with Gasteiger partial charge in [0.05, 0.1) is 0 Å². The number of methoxy groups -OCH3 is 2. The van der Waals surface area contributed by atoms with E-state index in [0.29, 0.717) is 6.42 Å². The second-order valence-electron chi connectivity index (χ2n) is 3.00. The minimum Gasteiger partial charge on any atom is -0.478 e. The maximum atomic E-state index is 10.3. The van der Waals surface area contributed by atoms with Crippen molar-refractivity contribution in [1.82, 2.24) is 0 Å². The summed E-state index contributed by atoms with van der Waals surface area (Å²) in [4.78, 5) is 10.3. The summed E-state index contributed by atoms with van der Waals surface area (Å²) in [7, 11) is 3.06. The van der Waals surface area contributed by atoms with Gasteiger partial charge in [0.25, 0.3) is 0 Å². The predicted octanol–water partition coefficient (Wildman–Crippen LogP) is 0.609. The van der Waals surface area contributed by atoms with E-state index in [9.17, 15) is 4.79 Å². The smallest absolute Gasteiger partial charge is 0.327 e. The molecule has 1 N–H and O–H groups in total. The molecule has 1 saturated heterocycles. The van der Waals surface area contributed by atoms with Crippen LogP contribution in [0.3, 0.4) is 0 Å². The molecule has 1 fully saturated rings. The molecule has 0 saturated carbocycles. The van der Waals surface area contributed by atoms with Gasteiger partial charge in [0.1, 0.15) is 0 Å². The van der Waals surface area contributed by atoms with Crippen LogP contribution in [0.2, 0.25) is 0 Å².